The van der Waals surface area contributed by atoms with Crippen LogP contribution in [0.25, 0.3) is 0 Å². The van der Waals surface area contributed by atoms with Crippen molar-refractivity contribution in [1.82, 2.24) is 0 Å². The maximum atomic E-state index is 5.41. The monoisotopic (exact) mass is 207 g/mol. The van der Waals surface area contributed by atoms with E-state index < -0.39 is 15.9 Å². The first-order chi connectivity index (χ1) is 5.49. The van der Waals surface area contributed by atoms with Crippen LogP contribution in [0.15, 0.2) is 0 Å². The Kier molecular flexibility index (Phi) is 4.64. The van der Waals surface area contributed by atoms with Gasteiger partial charge in [0.05, 0.1) is 0 Å². The summed E-state index contributed by atoms with van der Waals surface area (Å²) in [5, 5.41) is 0. The summed E-state index contributed by atoms with van der Waals surface area (Å²) in [6, 6.07) is 0.870. The third-order valence-electron chi connectivity index (χ3n) is 2.26. The van der Waals surface area contributed by atoms with E-state index in [-0.39, 0.29) is 0 Å². The van der Waals surface area contributed by atoms with Crippen molar-refractivity contribution in [1.29, 1.82) is 0 Å². The van der Waals surface area contributed by atoms with Gasteiger partial charge in [0, 0.05) is 21.3 Å². The van der Waals surface area contributed by atoms with E-state index in [0.29, 0.717) is 0 Å². The van der Waals surface area contributed by atoms with E-state index in [1.54, 1.807) is 21.3 Å². The van der Waals surface area contributed by atoms with E-state index in [1.165, 1.54) is 0 Å². The fourth-order valence-corrected chi connectivity index (χ4v) is 9.59. The molecule has 5 heteroatoms. The van der Waals surface area contributed by atoms with Crippen LogP contribution in [0.4, 0.5) is 0 Å². The van der Waals surface area contributed by atoms with Crippen LogP contribution in [0.1, 0.15) is 0 Å². The lowest BCUT2D eigenvalue weighted by atomic mass is 11.0. The van der Waals surface area contributed by atoms with Gasteiger partial charge in [0.2, 0.25) is 0 Å². The molecule has 12 heavy (non-hydrogen) atoms. The third kappa shape index (κ3) is 1.97. The zero-order valence-corrected chi connectivity index (χ0v) is 10.6. The highest BCUT2D eigenvalue weighted by molar-refractivity contribution is 7.34. The number of rotatable bonds is 5. The van der Waals surface area contributed by atoms with E-state index in [2.05, 4.69) is 20.0 Å². The highest BCUT2D eigenvalue weighted by Crippen LogP contribution is 2.24. The van der Waals surface area contributed by atoms with Gasteiger partial charge in [0.15, 0.2) is 0 Å². The van der Waals surface area contributed by atoms with Gasteiger partial charge in [0.1, 0.15) is 7.59 Å². The molecule has 0 aliphatic heterocycles. The average molecular weight is 207 g/mol. The number of hydrogen-bond acceptors (Lipinski definition) is 3. The molecule has 3 nitrogen and oxygen atoms in total. The predicted octanol–water partition coefficient (Wildman–Crippen LogP) is 1.49. The first-order valence-electron chi connectivity index (χ1n) is 3.94. The lowest BCUT2D eigenvalue weighted by Gasteiger charge is -2.36. The fraction of sp³-hybridized carbons (Fsp3) is 0.857. The second-order valence-corrected chi connectivity index (χ2v) is 15.8. The average Bonchev–Trinajstić information content (AvgIpc) is 2.08. The molecule has 0 amide bonds. The van der Waals surface area contributed by atoms with Crippen molar-refractivity contribution in [3.63, 3.8) is 0 Å². The Bertz CT molecular complexity index is 126. The smallest absolute Gasteiger partial charge is 0.380 e. The lowest BCUT2D eigenvalue weighted by Crippen LogP contribution is -2.64. The Hall–Kier alpha value is 0.314. The van der Waals surface area contributed by atoms with E-state index in [0.717, 1.165) is 6.04 Å². The van der Waals surface area contributed by atoms with Crippen molar-refractivity contribution in [3.8, 4) is 0 Å². The summed E-state index contributed by atoms with van der Waals surface area (Å²) in [5.74, 6) is 0. The van der Waals surface area contributed by atoms with Gasteiger partial charge >= 0.3 is 8.32 Å². The molecule has 0 aliphatic carbocycles. The van der Waals surface area contributed by atoms with Gasteiger partial charge < -0.3 is 13.3 Å². The van der Waals surface area contributed by atoms with Gasteiger partial charge in [-0.1, -0.05) is 26.1 Å². The SMILES string of the molecule is [CH2]C[Si](C)(C)[Si](OC)(OC)OC. The van der Waals surface area contributed by atoms with Crippen molar-refractivity contribution in [2.45, 2.75) is 19.1 Å². The third-order valence-corrected chi connectivity index (χ3v) is 14.3. The van der Waals surface area contributed by atoms with Gasteiger partial charge in [-0.15, -0.1) is 0 Å². The Labute approximate surface area is 77.2 Å². The van der Waals surface area contributed by atoms with Gasteiger partial charge in [-0.3, -0.25) is 0 Å². The largest absolute Gasteiger partial charge is 0.468 e. The van der Waals surface area contributed by atoms with Crippen molar-refractivity contribution < 1.29 is 13.3 Å². The standard InChI is InChI=1S/C7H19O3Si2/c1-7-11(5,6)12(8-2,9-3)10-4/h1,7H2,2-6H3. The maximum Gasteiger partial charge on any atom is 0.468 e. The van der Waals surface area contributed by atoms with Crippen LogP contribution < -0.4 is 0 Å². The van der Waals surface area contributed by atoms with Crippen LogP contribution in [-0.4, -0.2) is 37.2 Å². The highest BCUT2D eigenvalue weighted by Gasteiger charge is 2.53. The Balaban J connectivity index is 4.69. The van der Waals surface area contributed by atoms with E-state index in [9.17, 15) is 0 Å². The van der Waals surface area contributed by atoms with Crippen molar-refractivity contribution in [2.75, 3.05) is 21.3 Å². The molecule has 0 saturated carbocycles. The Morgan fingerprint density at radius 3 is 1.42 bits per heavy atom. The molecule has 0 aromatic rings. The first kappa shape index (κ1) is 12.3. The van der Waals surface area contributed by atoms with Crippen molar-refractivity contribution >= 4 is 15.9 Å². The molecule has 0 atom stereocenters. The summed E-state index contributed by atoms with van der Waals surface area (Å²) in [6.45, 7) is 8.29. The minimum absolute atomic E-state index is 0.870. The minimum atomic E-state index is -2.37. The van der Waals surface area contributed by atoms with Crippen molar-refractivity contribution in [3.05, 3.63) is 6.92 Å². The summed E-state index contributed by atoms with van der Waals surface area (Å²) >= 11 is 0. The summed E-state index contributed by atoms with van der Waals surface area (Å²) in [6.07, 6.45) is 0. The van der Waals surface area contributed by atoms with Gasteiger partial charge in [-0.2, -0.15) is 0 Å². The molecule has 73 valence electrons. The first-order valence-corrected chi connectivity index (χ1v) is 9.87. The zero-order valence-electron chi connectivity index (χ0n) is 8.64. The topological polar surface area (TPSA) is 27.7 Å². The number of hydrogen-bond donors (Lipinski definition) is 0. The molecule has 0 fully saturated rings. The van der Waals surface area contributed by atoms with Crippen LogP contribution in [0, 0.1) is 6.92 Å². The fourth-order valence-electron chi connectivity index (χ4n) is 1.23. The van der Waals surface area contributed by atoms with Crippen LogP contribution in [-0.2, 0) is 13.3 Å². The van der Waals surface area contributed by atoms with Crippen LogP contribution >= 0.6 is 0 Å². The van der Waals surface area contributed by atoms with Gasteiger partial charge in [0.25, 0.3) is 0 Å². The van der Waals surface area contributed by atoms with E-state index in [1.807, 2.05) is 0 Å². The van der Waals surface area contributed by atoms with Crippen LogP contribution in [0.3, 0.4) is 0 Å². The Morgan fingerprint density at radius 1 is 1.00 bits per heavy atom. The molecule has 0 saturated heterocycles. The molecular weight excluding hydrogens is 188 g/mol. The molecule has 0 aliphatic rings. The maximum absolute atomic E-state index is 5.41. The quantitative estimate of drug-likeness (QED) is 0.639. The van der Waals surface area contributed by atoms with E-state index in [4.69, 9.17) is 13.3 Å². The molecule has 0 bridgehead atoms. The summed E-state index contributed by atoms with van der Waals surface area (Å²) < 4.78 is 16.2. The summed E-state index contributed by atoms with van der Waals surface area (Å²) in [4.78, 5) is 0. The molecule has 0 heterocycles. The molecule has 0 N–H and O–H groups in total. The molecule has 1 radical (unpaired) electrons. The van der Waals surface area contributed by atoms with Crippen molar-refractivity contribution in [2.24, 2.45) is 0 Å². The highest BCUT2D eigenvalue weighted by atomic mass is 29.3. The second-order valence-electron chi connectivity index (χ2n) is 3.30. The molecule has 0 aromatic carbocycles. The second kappa shape index (κ2) is 4.52. The summed E-state index contributed by atoms with van der Waals surface area (Å²) in [5.41, 5.74) is 0. The zero-order chi connectivity index (χ0) is 9.83. The lowest BCUT2D eigenvalue weighted by molar-refractivity contribution is 0.145. The van der Waals surface area contributed by atoms with Crippen LogP contribution in [0.5, 0.6) is 0 Å². The van der Waals surface area contributed by atoms with Crippen LogP contribution in [0.2, 0.25) is 19.1 Å². The van der Waals surface area contributed by atoms with Gasteiger partial charge in [-0.25, -0.2) is 0 Å². The Morgan fingerprint density at radius 2 is 1.33 bits per heavy atom. The normalized spacial score (nSPS) is 13.5. The predicted molar refractivity (Wildman–Crippen MR) is 54.4 cm³/mol. The van der Waals surface area contributed by atoms with E-state index >= 15 is 0 Å². The molecule has 0 unspecified atom stereocenters. The molecule has 0 rings (SSSR count). The summed E-state index contributed by atoms with van der Waals surface area (Å²) in [7, 11) is 1.00. The molecule has 0 spiro atoms. The minimum Gasteiger partial charge on any atom is -0.380 e. The van der Waals surface area contributed by atoms with Gasteiger partial charge in [-0.05, 0) is 0 Å². The molecule has 0 aromatic heterocycles. The molecular formula is C7H19O3Si2.